The predicted molar refractivity (Wildman–Crippen MR) is 40.3 cm³/mol. The SMILES string of the molecule is C=CCNCC1CC1C. The van der Waals surface area contributed by atoms with Gasteiger partial charge in [-0.1, -0.05) is 13.0 Å². The van der Waals surface area contributed by atoms with Crippen LogP contribution in [0.25, 0.3) is 0 Å². The topological polar surface area (TPSA) is 12.0 Å². The molecule has 0 radical (unpaired) electrons. The molecule has 1 saturated carbocycles. The molecule has 9 heavy (non-hydrogen) atoms. The van der Waals surface area contributed by atoms with Crippen LogP contribution in [-0.2, 0) is 0 Å². The van der Waals surface area contributed by atoms with E-state index in [2.05, 4.69) is 18.8 Å². The van der Waals surface area contributed by atoms with Gasteiger partial charge < -0.3 is 5.32 Å². The van der Waals surface area contributed by atoms with Crippen molar-refractivity contribution in [1.82, 2.24) is 5.32 Å². The van der Waals surface area contributed by atoms with E-state index in [-0.39, 0.29) is 0 Å². The van der Waals surface area contributed by atoms with E-state index in [9.17, 15) is 0 Å². The fourth-order valence-electron chi connectivity index (χ4n) is 1.05. The minimum atomic E-state index is 0.962. The highest BCUT2D eigenvalue weighted by atomic mass is 14.9. The number of hydrogen-bond donors (Lipinski definition) is 1. The average Bonchev–Trinajstić information content (AvgIpc) is 2.48. The Balaban J connectivity index is 1.88. The fourth-order valence-corrected chi connectivity index (χ4v) is 1.05. The lowest BCUT2D eigenvalue weighted by atomic mass is 10.3. The van der Waals surface area contributed by atoms with Crippen LogP contribution in [-0.4, -0.2) is 13.1 Å². The summed E-state index contributed by atoms with van der Waals surface area (Å²) in [7, 11) is 0. The lowest BCUT2D eigenvalue weighted by Crippen LogP contribution is -2.16. The van der Waals surface area contributed by atoms with E-state index in [0.29, 0.717) is 0 Å². The van der Waals surface area contributed by atoms with Crippen LogP contribution in [0.3, 0.4) is 0 Å². The van der Waals surface area contributed by atoms with Crippen LogP contribution in [0, 0.1) is 11.8 Å². The highest BCUT2D eigenvalue weighted by Crippen LogP contribution is 2.36. The Hall–Kier alpha value is -0.300. The second-order valence-electron chi connectivity index (χ2n) is 2.92. The predicted octanol–water partition coefficient (Wildman–Crippen LogP) is 1.42. The minimum Gasteiger partial charge on any atom is -0.313 e. The minimum absolute atomic E-state index is 0.962. The normalized spacial score (nSPS) is 32.1. The van der Waals surface area contributed by atoms with Crippen molar-refractivity contribution in [3.63, 3.8) is 0 Å². The van der Waals surface area contributed by atoms with Crippen LogP contribution in [0.2, 0.25) is 0 Å². The van der Waals surface area contributed by atoms with Gasteiger partial charge in [0.15, 0.2) is 0 Å². The summed E-state index contributed by atoms with van der Waals surface area (Å²) >= 11 is 0. The molecule has 1 fully saturated rings. The Bertz CT molecular complexity index is 98.7. The Morgan fingerprint density at radius 3 is 2.89 bits per heavy atom. The molecule has 52 valence electrons. The molecule has 1 aliphatic rings. The summed E-state index contributed by atoms with van der Waals surface area (Å²) in [5.74, 6) is 1.94. The Kier molecular flexibility index (Phi) is 2.29. The van der Waals surface area contributed by atoms with Gasteiger partial charge in [0, 0.05) is 6.54 Å². The van der Waals surface area contributed by atoms with E-state index in [1.807, 2.05) is 6.08 Å². The Labute approximate surface area is 57.1 Å². The molecule has 0 aromatic carbocycles. The standard InChI is InChI=1S/C8H15N/c1-3-4-9-6-8-5-7(8)2/h3,7-9H,1,4-6H2,2H3. The van der Waals surface area contributed by atoms with Crippen molar-refractivity contribution in [3.05, 3.63) is 12.7 Å². The van der Waals surface area contributed by atoms with Crippen LogP contribution in [0.5, 0.6) is 0 Å². The summed E-state index contributed by atoms with van der Waals surface area (Å²) in [6, 6.07) is 0. The number of hydrogen-bond acceptors (Lipinski definition) is 1. The molecule has 2 atom stereocenters. The van der Waals surface area contributed by atoms with Crippen LogP contribution < -0.4 is 5.32 Å². The second-order valence-corrected chi connectivity index (χ2v) is 2.92. The fraction of sp³-hybridized carbons (Fsp3) is 0.750. The van der Waals surface area contributed by atoms with Crippen molar-refractivity contribution in [1.29, 1.82) is 0 Å². The molecular formula is C8H15N. The first-order chi connectivity index (χ1) is 4.34. The zero-order valence-electron chi connectivity index (χ0n) is 6.06. The van der Waals surface area contributed by atoms with Crippen LogP contribution in [0.4, 0.5) is 0 Å². The highest BCUT2D eigenvalue weighted by molar-refractivity contribution is 4.84. The summed E-state index contributed by atoms with van der Waals surface area (Å²) in [6.07, 6.45) is 3.33. The van der Waals surface area contributed by atoms with Gasteiger partial charge >= 0.3 is 0 Å². The summed E-state index contributed by atoms with van der Waals surface area (Å²) in [6.45, 7) is 8.09. The van der Waals surface area contributed by atoms with Gasteiger partial charge in [0.25, 0.3) is 0 Å². The molecule has 0 bridgehead atoms. The maximum atomic E-state index is 3.63. The van der Waals surface area contributed by atoms with Crippen LogP contribution >= 0.6 is 0 Å². The van der Waals surface area contributed by atoms with Crippen molar-refractivity contribution in [3.8, 4) is 0 Å². The van der Waals surface area contributed by atoms with Crippen LogP contribution in [0.15, 0.2) is 12.7 Å². The first kappa shape index (κ1) is 6.81. The van der Waals surface area contributed by atoms with Crippen molar-refractivity contribution in [2.24, 2.45) is 11.8 Å². The van der Waals surface area contributed by atoms with Crippen molar-refractivity contribution in [2.75, 3.05) is 13.1 Å². The van der Waals surface area contributed by atoms with Gasteiger partial charge in [-0.05, 0) is 24.8 Å². The maximum absolute atomic E-state index is 3.63. The molecule has 0 amide bonds. The molecule has 0 aromatic rings. The van der Waals surface area contributed by atoms with E-state index in [1.54, 1.807) is 0 Å². The maximum Gasteiger partial charge on any atom is 0.0132 e. The van der Waals surface area contributed by atoms with E-state index < -0.39 is 0 Å². The Morgan fingerprint density at radius 1 is 1.78 bits per heavy atom. The first-order valence-electron chi connectivity index (χ1n) is 3.66. The molecule has 0 spiro atoms. The van der Waals surface area contributed by atoms with E-state index in [1.165, 1.54) is 13.0 Å². The molecule has 1 aliphatic carbocycles. The second kappa shape index (κ2) is 3.02. The molecule has 1 rings (SSSR count). The first-order valence-corrected chi connectivity index (χ1v) is 3.66. The van der Waals surface area contributed by atoms with Gasteiger partial charge in [0.1, 0.15) is 0 Å². The zero-order chi connectivity index (χ0) is 6.69. The van der Waals surface area contributed by atoms with Gasteiger partial charge in [-0.3, -0.25) is 0 Å². The lowest BCUT2D eigenvalue weighted by molar-refractivity contribution is 0.647. The molecule has 1 N–H and O–H groups in total. The van der Waals surface area contributed by atoms with Crippen LogP contribution in [0.1, 0.15) is 13.3 Å². The molecule has 2 unspecified atom stereocenters. The van der Waals surface area contributed by atoms with Gasteiger partial charge in [-0.15, -0.1) is 6.58 Å². The third-order valence-electron chi connectivity index (χ3n) is 1.97. The lowest BCUT2D eigenvalue weighted by Gasteiger charge is -1.96. The molecule has 1 heteroatoms. The quantitative estimate of drug-likeness (QED) is 0.442. The molecular weight excluding hydrogens is 110 g/mol. The molecule has 0 heterocycles. The van der Waals surface area contributed by atoms with Crippen molar-refractivity contribution in [2.45, 2.75) is 13.3 Å². The smallest absolute Gasteiger partial charge is 0.0132 e. The number of nitrogens with one attached hydrogen (secondary N) is 1. The van der Waals surface area contributed by atoms with Gasteiger partial charge in [-0.25, -0.2) is 0 Å². The third kappa shape index (κ3) is 2.19. The van der Waals surface area contributed by atoms with E-state index in [4.69, 9.17) is 0 Å². The molecule has 1 nitrogen and oxygen atoms in total. The summed E-state index contributed by atoms with van der Waals surface area (Å²) in [5.41, 5.74) is 0. The summed E-state index contributed by atoms with van der Waals surface area (Å²) in [5, 5.41) is 3.31. The third-order valence-corrected chi connectivity index (χ3v) is 1.97. The summed E-state index contributed by atoms with van der Waals surface area (Å²) in [4.78, 5) is 0. The van der Waals surface area contributed by atoms with Gasteiger partial charge in [0.2, 0.25) is 0 Å². The van der Waals surface area contributed by atoms with E-state index >= 15 is 0 Å². The number of rotatable bonds is 4. The molecule has 0 aliphatic heterocycles. The van der Waals surface area contributed by atoms with Crippen molar-refractivity contribution >= 4 is 0 Å². The summed E-state index contributed by atoms with van der Waals surface area (Å²) < 4.78 is 0. The van der Waals surface area contributed by atoms with Gasteiger partial charge in [0.05, 0.1) is 0 Å². The average molecular weight is 125 g/mol. The monoisotopic (exact) mass is 125 g/mol. The zero-order valence-corrected chi connectivity index (χ0v) is 6.06. The molecule has 0 saturated heterocycles. The molecule has 0 aromatic heterocycles. The highest BCUT2D eigenvalue weighted by Gasteiger charge is 2.31. The van der Waals surface area contributed by atoms with Gasteiger partial charge in [-0.2, -0.15) is 0 Å². The Morgan fingerprint density at radius 2 is 2.44 bits per heavy atom. The van der Waals surface area contributed by atoms with Crippen molar-refractivity contribution < 1.29 is 0 Å². The largest absolute Gasteiger partial charge is 0.313 e. The van der Waals surface area contributed by atoms with E-state index in [0.717, 1.165) is 18.4 Å².